The minimum absolute atomic E-state index is 0.136. The Hall–Kier alpha value is -2.13. The highest BCUT2D eigenvalue weighted by atomic mass is 16.3. The maximum absolute atomic E-state index is 12.1. The standard InChI is InChI=1S/C18H19NO2/c1-13-5-4-8-14(9-13)17(20)19-12-18(21)10-15-6-2-3-7-16(15)11-18/h2-9,21H,10-12H2,1H3,(H,19,20). The first-order chi connectivity index (χ1) is 10.1. The van der Waals surface area contributed by atoms with Crippen molar-refractivity contribution in [2.24, 2.45) is 0 Å². The van der Waals surface area contributed by atoms with Crippen LogP contribution in [0.5, 0.6) is 0 Å². The summed E-state index contributed by atoms with van der Waals surface area (Å²) in [5.41, 5.74) is 3.15. The van der Waals surface area contributed by atoms with Crippen LogP contribution in [0.2, 0.25) is 0 Å². The van der Waals surface area contributed by atoms with Crippen LogP contribution in [-0.2, 0) is 12.8 Å². The number of benzene rings is 2. The number of carbonyl (C=O) groups is 1. The minimum atomic E-state index is -0.872. The second kappa shape index (κ2) is 5.34. The molecule has 0 saturated carbocycles. The molecule has 0 aliphatic heterocycles. The second-order valence-corrected chi connectivity index (χ2v) is 5.90. The van der Waals surface area contributed by atoms with E-state index in [-0.39, 0.29) is 12.5 Å². The SMILES string of the molecule is Cc1cccc(C(=O)NCC2(O)Cc3ccccc3C2)c1. The van der Waals surface area contributed by atoms with Crippen molar-refractivity contribution in [3.8, 4) is 0 Å². The van der Waals surface area contributed by atoms with E-state index in [1.165, 1.54) is 11.1 Å². The lowest BCUT2D eigenvalue weighted by atomic mass is 10.0. The molecule has 2 N–H and O–H groups in total. The van der Waals surface area contributed by atoms with Crippen molar-refractivity contribution in [1.82, 2.24) is 5.32 Å². The van der Waals surface area contributed by atoms with Gasteiger partial charge in [0.25, 0.3) is 5.91 Å². The van der Waals surface area contributed by atoms with Gasteiger partial charge in [-0.05, 0) is 30.2 Å². The van der Waals surface area contributed by atoms with Crippen molar-refractivity contribution in [2.45, 2.75) is 25.4 Å². The molecular formula is C18H19NO2. The smallest absolute Gasteiger partial charge is 0.251 e. The maximum atomic E-state index is 12.1. The molecule has 108 valence electrons. The lowest BCUT2D eigenvalue weighted by Crippen LogP contribution is -2.43. The number of rotatable bonds is 3. The van der Waals surface area contributed by atoms with Crippen LogP contribution in [-0.4, -0.2) is 23.2 Å². The van der Waals surface area contributed by atoms with Crippen LogP contribution >= 0.6 is 0 Å². The molecule has 0 fully saturated rings. The number of carbonyl (C=O) groups excluding carboxylic acids is 1. The average molecular weight is 281 g/mol. The van der Waals surface area contributed by atoms with Crippen molar-refractivity contribution in [1.29, 1.82) is 0 Å². The second-order valence-electron chi connectivity index (χ2n) is 5.90. The summed E-state index contributed by atoms with van der Waals surface area (Å²) in [4.78, 5) is 12.1. The number of hydrogen-bond donors (Lipinski definition) is 2. The summed E-state index contributed by atoms with van der Waals surface area (Å²) in [5.74, 6) is -0.136. The monoisotopic (exact) mass is 281 g/mol. The van der Waals surface area contributed by atoms with Crippen molar-refractivity contribution < 1.29 is 9.90 Å². The summed E-state index contributed by atoms with van der Waals surface area (Å²) in [7, 11) is 0. The van der Waals surface area contributed by atoms with Gasteiger partial charge in [-0.25, -0.2) is 0 Å². The Morgan fingerprint density at radius 1 is 1.14 bits per heavy atom. The average Bonchev–Trinajstić information content (AvgIpc) is 2.81. The van der Waals surface area contributed by atoms with E-state index in [9.17, 15) is 9.90 Å². The third kappa shape index (κ3) is 2.98. The Balaban J connectivity index is 1.65. The fourth-order valence-corrected chi connectivity index (χ4v) is 2.93. The van der Waals surface area contributed by atoms with Gasteiger partial charge in [-0.2, -0.15) is 0 Å². The van der Waals surface area contributed by atoms with E-state index >= 15 is 0 Å². The largest absolute Gasteiger partial charge is 0.387 e. The Bertz CT molecular complexity index is 653. The first-order valence-electron chi connectivity index (χ1n) is 7.20. The van der Waals surface area contributed by atoms with Crippen LogP contribution in [0.1, 0.15) is 27.0 Å². The predicted octanol–water partition coefficient (Wildman–Crippen LogP) is 2.25. The van der Waals surface area contributed by atoms with Crippen molar-refractivity contribution in [2.75, 3.05) is 6.54 Å². The molecule has 2 aromatic carbocycles. The zero-order chi connectivity index (χ0) is 14.9. The molecule has 0 unspecified atom stereocenters. The van der Waals surface area contributed by atoms with Gasteiger partial charge in [-0.1, -0.05) is 42.0 Å². The van der Waals surface area contributed by atoms with E-state index < -0.39 is 5.60 Å². The molecule has 1 amide bonds. The molecule has 3 rings (SSSR count). The highest BCUT2D eigenvalue weighted by Gasteiger charge is 2.35. The summed E-state index contributed by atoms with van der Waals surface area (Å²) < 4.78 is 0. The quantitative estimate of drug-likeness (QED) is 0.906. The van der Waals surface area contributed by atoms with Gasteiger partial charge in [0, 0.05) is 24.9 Å². The first-order valence-corrected chi connectivity index (χ1v) is 7.20. The number of fused-ring (bicyclic) bond motifs is 1. The van der Waals surface area contributed by atoms with Crippen LogP contribution in [0.3, 0.4) is 0 Å². The van der Waals surface area contributed by atoms with Crippen LogP contribution < -0.4 is 5.32 Å². The van der Waals surface area contributed by atoms with Crippen LogP contribution in [0.15, 0.2) is 48.5 Å². The number of hydrogen-bond acceptors (Lipinski definition) is 2. The van der Waals surface area contributed by atoms with Crippen molar-refractivity contribution in [3.63, 3.8) is 0 Å². The molecule has 2 aromatic rings. The van der Waals surface area contributed by atoms with Gasteiger partial charge in [0.05, 0.1) is 5.60 Å². The molecule has 0 bridgehead atoms. The molecule has 1 aliphatic rings. The molecule has 0 atom stereocenters. The highest BCUT2D eigenvalue weighted by molar-refractivity contribution is 5.94. The maximum Gasteiger partial charge on any atom is 0.251 e. The molecule has 0 spiro atoms. The van der Waals surface area contributed by atoms with E-state index in [2.05, 4.69) is 5.32 Å². The van der Waals surface area contributed by atoms with Gasteiger partial charge >= 0.3 is 0 Å². The summed E-state index contributed by atoms with van der Waals surface area (Å²) in [5, 5.41) is 13.5. The van der Waals surface area contributed by atoms with Crippen molar-refractivity contribution in [3.05, 3.63) is 70.8 Å². The summed E-state index contributed by atoms with van der Waals surface area (Å²) in [6.07, 6.45) is 1.19. The molecule has 3 heteroatoms. The molecule has 0 aromatic heterocycles. The molecule has 1 aliphatic carbocycles. The van der Waals surface area contributed by atoms with E-state index in [1.54, 1.807) is 6.07 Å². The minimum Gasteiger partial charge on any atom is -0.387 e. The van der Waals surface area contributed by atoms with E-state index in [0.29, 0.717) is 18.4 Å². The lowest BCUT2D eigenvalue weighted by molar-refractivity contribution is 0.0480. The molecular weight excluding hydrogens is 262 g/mol. The third-order valence-electron chi connectivity index (χ3n) is 4.02. The van der Waals surface area contributed by atoms with Gasteiger partial charge in [-0.3, -0.25) is 4.79 Å². The highest BCUT2D eigenvalue weighted by Crippen LogP contribution is 2.29. The topological polar surface area (TPSA) is 49.3 Å². The van der Waals surface area contributed by atoms with E-state index in [0.717, 1.165) is 5.56 Å². The summed E-state index contributed by atoms with van der Waals surface area (Å²) >= 11 is 0. The number of aryl methyl sites for hydroxylation is 1. The van der Waals surface area contributed by atoms with E-state index in [1.807, 2.05) is 49.4 Å². The van der Waals surface area contributed by atoms with Gasteiger partial charge in [0.2, 0.25) is 0 Å². The number of amides is 1. The van der Waals surface area contributed by atoms with Gasteiger partial charge in [-0.15, -0.1) is 0 Å². The number of aliphatic hydroxyl groups is 1. The fourth-order valence-electron chi connectivity index (χ4n) is 2.93. The lowest BCUT2D eigenvalue weighted by Gasteiger charge is -2.22. The molecule has 0 radical (unpaired) electrons. The van der Waals surface area contributed by atoms with Crippen molar-refractivity contribution >= 4 is 5.91 Å². The molecule has 0 heterocycles. The Labute approximate surface area is 124 Å². The molecule has 0 saturated heterocycles. The van der Waals surface area contributed by atoms with Gasteiger partial charge < -0.3 is 10.4 Å². The zero-order valence-electron chi connectivity index (χ0n) is 12.1. The molecule has 21 heavy (non-hydrogen) atoms. The summed E-state index contributed by atoms with van der Waals surface area (Å²) in [6, 6.07) is 15.5. The Morgan fingerprint density at radius 2 is 1.81 bits per heavy atom. The molecule has 3 nitrogen and oxygen atoms in total. The van der Waals surface area contributed by atoms with Gasteiger partial charge in [0.15, 0.2) is 0 Å². The fraction of sp³-hybridized carbons (Fsp3) is 0.278. The summed E-state index contributed by atoms with van der Waals surface area (Å²) in [6.45, 7) is 2.23. The van der Waals surface area contributed by atoms with Gasteiger partial charge in [0.1, 0.15) is 0 Å². The normalized spacial score (nSPS) is 15.5. The van der Waals surface area contributed by atoms with Crippen LogP contribution in [0.4, 0.5) is 0 Å². The third-order valence-corrected chi connectivity index (χ3v) is 4.02. The predicted molar refractivity (Wildman–Crippen MR) is 82.3 cm³/mol. The Morgan fingerprint density at radius 3 is 2.43 bits per heavy atom. The zero-order valence-corrected chi connectivity index (χ0v) is 12.1. The Kier molecular flexibility index (Phi) is 3.52. The van der Waals surface area contributed by atoms with E-state index in [4.69, 9.17) is 0 Å². The van der Waals surface area contributed by atoms with Crippen LogP contribution in [0, 0.1) is 6.92 Å². The van der Waals surface area contributed by atoms with Crippen LogP contribution in [0.25, 0.3) is 0 Å². The number of nitrogens with one attached hydrogen (secondary N) is 1. The first kappa shape index (κ1) is 13.8.